The van der Waals surface area contributed by atoms with Crippen molar-refractivity contribution in [1.82, 2.24) is 10.2 Å². The number of hydrogen-bond acceptors (Lipinski definition) is 3. The van der Waals surface area contributed by atoms with Crippen molar-refractivity contribution in [2.75, 3.05) is 32.1 Å². The molecule has 1 saturated carbocycles. The number of piperidine rings is 1. The average Bonchev–Trinajstić information content (AvgIpc) is 3.29. The van der Waals surface area contributed by atoms with Crippen LogP contribution in [0.5, 0.6) is 0 Å². The molecule has 1 heterocycles. The van der Waals surface area contributed by atoms with Crippen LogP contribution in [0, 0.1) is 0 Å². The van der Waals surface area contributed by atoms with Crippen LogP contribution in [0.4, 0.5) is 5.69 Å². The Morgan fingerprint density at radius 3 is 2.81 bits per heavy atom. The number of nitrogens with one attached hydrogen (secondary N) is 1. The minimum absolute atomic E-state index is 0.624. The third-order valence-corrected chi connectivity index (χ3v) is 4.98. The number of anilines is 1. The van der Waals surface area contributed by atoms with Crippen molar-refractivity contribution in [3.8, 4) is 0 Å². The van der Waals surface area contributed by atoms with Gasteiger partial charge in [0, 0.05) is 31.7 Å². The monoisotopic (exact) mass is 307 g/mol. The topological polar surface area (TPSA) is 18.5 Å². The molecule has 2 fully saturated rings. The Morgan fingerprint density at radius 2 is 2.10 bits per heavy atom. The number of benzene rings is 1. The summed E-state index contributed by atoms with van der Waals surface area (Å²) < 4.78 is 0. The summed E-state index contributed by atoms with van der Waals surface area (Å²) in [5.74, 6) is 0. The third-order valence-electron chi connectivity index (χ3n) is 4.67. The molecule has 1 N–H and O–H groups in total. The maximum atomic E-state index is 6.54. The van der Waals surface area contributed by atoms with Crippen molar-refractivity contribution in [1.29, 1.82) is 0 Å². The predicted molar refractivity (Wildman–Crippen MR) is 90.2 cm³/mol. The molecule has 1 aliphatic carbocycles. The summed E-state index contributed by atoms with van der Waals surface area (Å²) in [6.07, 6.45) is 5.16. The maximum Gasteiger partial charge on any atom is 0.0642 e. The van der Waals surface area contributed by atoms with Crippen LogP contribution in [0.3, 0.4) is 0 Å². The van der Waals surface area contributed by atoms with Crippen molar-refractivity contribution in [2.24, 2.45) is 0 Å². The zero-order valence-corrected chi connectivity index (χ0v) is 13.9. The van der Waals surface area contributed by atoms with Gasteiger partial charge in [0.2, 0.25) is 0 Å². The van der Waals surface area contributed by atoms with E-state index in [9.17, 15) is 0 Å². The molecule has 0 amide bonds. The highest BCUT2D eigenvalue weighted by molar-refractivity contribution is 6.33. The van der Waals surface area contributed by atoms with E-state index in [1.54, 1.807) is 0 Å². The molecule has 3 rings (SSSR count). The Bertz CT molecular complexity index is 485. The fraction of sp³-hybridized carbons (Fsp3) is 0.647. The molecule has 1 unspecified atom stereocenters. The number of rotatable bonds is 5. The summed E-state index contributed by atoms with van der Waals surface area (Å²) >= 11 is 6.54. The lowest BCUT2D eigenvalue weighted by atomic mass is 10.0. The highest BCUT2D eigenvalue weighted by atomic mass is 35.5. The van der Waals surface area contributed by atoms with E-state index in [0.717, 1.165) is 30.7 Å². The van der Waals surface area contributed by atoms with Gasteiger partial charge in [-0.1, -0.05) is 23.7 Å². The van der Waals surface area contributed by atoms with E-state index in [-0.39, 0.29) is 0 Å². The standard InChI is InChI=1S/C17H26ClN3/c1-20(2)15-6-4-10-21(12-15)17-13(5-3-7-16(17)18)11-19-14-8-9-14/h3,5,7,14-15,19H,4,6,8-12H2,1-2H3. The molecule has 3 nitrogen and oxygen atoms in total. The maximum absolute atomic E-state index is 6.54. The minimum Gasteiger partial charge on any atom is -0.368 e. The van der Waals surface area contributed by atoms with Crippen LogP contribution in [0.25, 0.3) is 0 Å². The Kier molecular flexibility index (Phi) is 4.72. The fourth-order valence-corrected chi connectivity index (χ4v) is 3.49. The molecule has 2 aliphatic rings. The lowest BCUT2D eigenvalue weighted by molar-refractivity contribution is 0.258. The molecule has 1 aromatic carbocycles. The van der Waals surface area contributed by atoms with Crippen molar-refractivity contribution in [3.05, 3.63) is 28.8 Å². The van der Waals surface area contributed by atoms with Gasteiger partial charge < -0.3 is 15.1 Å². The Hall–Kier alpha value is -0.770. The van der Waals surface area contributed by atoms with Crippen LogP contribution in [-0.2, 0) is 6.54 Å². The summed E-state index contributed by atoms with van der Waals surface area (Å²) in [7, 11) is 4.35. The molecule has 1 aromatic rings. The smallest absolute Gasteiger partial charge is 0.0642 e. The Labute approximate surface area is 133 Å². The second-order valence-corrected chi connectivity index (χ2v) is 7.02. The lowest BCUT2D eigenvalue weighted by Gasteiger charge is -2.38. The molecule has 0 bridgehead atoms. The number of nitrogens with zero attached hydrogens (tertiary/aromatic N) is 2. The normalized spacial score (nSPS) is 22.9. The van der Waals surface area contributed by atoms with Gasteiger partial charge >= 0.3 is 0 Å². The van der Waals surface area contributed by atoms with Gasteiger partial charge in [0.15, 0.2) is 0 Å². The zero-order chi connectivity index (χ0) is 14.8. The molecule has 0 spiro atoms. The summed E-state index contributed by atoms with van der Waals surface area (Å²) in [5, 5.41) is 4.51. The van der Waals surface area contributed by atoms with Crippen molar-refractivity contribution in [3.63, 3.8) is 0 Å². The van der Waals surface area contributed by atoms with Crippen molar-refractivity contribution >= 4 is 17.3 Å². The van der Waals surface area contributed by atoms with E-state index < -0.39 is 0 Å². The first-order chi connectivity index (χ1) is 10.1. The molecule has 4 heteroatoms. The van der Waals surface area contributed by atoms with Crippen molar-refractivity contribution in [2.45, 2.75) is 44.3 Å². The highest BCUT2D eigenvalue weighted by Crippen LogP contribution is 2.33. The molecule has 116 valence electrons. The van der Waals surface area contributed by atoms with Crippen LogP contribution in [0.2, 0.25) is 5.02 Å². The first kappa shape index (κ1) is 15.1. The van der Waals surface area contributed by atoms with Crippen LogP contribution in [0.15, 0.2) is 18.2 Å². The molecule has 1 aliphatic heterocycles. The molecule has 1 saturated heterocycles. The highest BCUT2D eigenvalue weighted by Gasteiger charge is 2.25. The largest absolute Gasteiger partial charge is 0.368 e. The molecule has 0 radical (unpaired) electrons. The van der Waals surface area contributed by atoms with E-state index in [4.69, 9.17) is 11.6 Å². The van der Waals surface area contributed by atoms with E-state index in [1.165, 1.54) is 36.9 Å². The Morgan fingerprint density at radius 1 is 1.29 bits per heavy atom. The van der Waals surface area contributed by atoms with E-state index in [0.29, 0.717) is 6.04 Å². The fourth-order valence-electron chi connectivity index (χ4n) is 3.18. The summed E-state index contributed by atoms with van der Waals surface area (Å²) in [5.41, 5.74) is 2.59. The predicted octanol–water partition coefficient (Wildman–Crippen LogP) is 3.12. The summed E-state index contributed by atoms with van der Waals surface area (Å²) in [6.45, 7) is 3.13. The minimum atomic E-state index is 0.624. The number of hydrogen-bond donors (Lipinski definition) is 1. The van der Waals surface area contributed by atoms with Gasteiger partial charge in [-0.05, 0) is 51.4 Å². The zero-order valence-electron chi connectivity index (χ0n) is 13.1. The van der Waals surface area contributed by atoms with E-state index in [2.05, 4.69) is 41.3 Å². The SMILES string of the molecule is CN(C)C1CCCN(c2c(Cl)cccc2CNC2CC2)C1. The quantitative estimate of drug-likeness (QED) is 0.901. The lowest BCUT2D eigenvalue weighted by Crippen LogP contribution is -2.45. The van der Waals surface area contributed by atoms with Crippen LogP contribution < -0.4 is 10.2 Å². The van der Waals surface area contributed by atoms with Gasteiger partial charge in [-0.15, -0.1) is 0 Å². The van der Waals surface area contributed by atoms with Crippen LogP contribution in [-0.4, -0.2) is 44.2 Å². The first-order valence-electron chi connectivity index (χ1n) is 8.07. The Balaban J connectivity index is 1.78. The van der Waals surface area contributed by atoms with Gasteiger partial charge in [-0.25, -0.2) is 0 Å². The molecule has 0 aromatic heterocycles. The van der Waals surface area contributed by atoms with Crippen molar-refractivity contribution < 1.29 is 0 Å². The van der Waals surface area contributed by atoms with E-state index >= 15 is 0 Å². The van der Waals surface area contributed by atoms with Crippen LogP contribution >= 0.6 is 11.6 Å². The second-order valence-electron chi connectivity index (χ2n) is 6.61. The van der Waals surface area contributed by atoms with Gasteiger partial charge in [0.05, 0.1) is 10.7 Å². The summed E-state index contributed by atoms with van der Waals surface area (Å²) in [6, 6.07) is 7.67. The molecule has 21 heavy (non-hydrogen) atoms. The van der Waals surface area contributed by atoms with Gasteiger partial charge in [-0.3, -0.25) is 0 Å². The van der Waals surface area contributed by atoms with Gasteiger partial charge in [0.1, 0.15) is 0 Å². The summed E-state index contributed by atoms with van der Waals surface area (Å²) in [4.78, 5) is 4.82. The third kappa shape index (κ3) is 3.71. The number of para-hydroxylation sites is 1. The first-order valence-corrected chi connectivity index (χ1v) is 8.45. The second kappa shape index (κ2) is 6.55. The number of likely N-dealkylation sites (N-methyl/N-ethyl adjacent to an activating group) is 1. The van der Waals surface area contributed by atoms with Gasteiger partial charge in [-0.2, -0.15) is 0 Å². The van der Waals surface area contributed by atoms with Crippen LogP contribution in [0.1, 0.15) is 31.2 Å². The molecular weight excluding hydrogens is 282 g/mol. The molecule has 1 atom stereocenters. The molecular formula is C17H26ClN3. The van der Waals surface area contributed by atoms with E-state index in [1.807, 2.05) is 6.07 Å². The number of halogens is 1. The van der Waals surface area contributed by atoms with Gasteiger partial charge in [0.25, 0.3) is 0 Å². The average molecular weight is 308 g/mol.